The number of carbonyl (C=O) groups excluding carboxylic acids is 1. The highest BCUT2D eigenvalue weighted by molar-refractivity contribution is 5.81. The van der Waals surface area contributed by atoms with Gasteiger partial charge >= 0.3 is 12.1 Å². The topological polar surface area (TPSA) is 94.1 Å². The highest BCUT2D eigenvalue weighted by atomic mass is 16.6. The second-order valence-electron chi connectivity index (χ2n) is 6.03. The van der Waals surface area contributed by atoms with Crippen LogP contribution in [0.4, 0.5) is 4.79 Å². The lowest BCUT2D eigenvalue weighted by atomic mass is 10.1. The second-order valence-corrected chi connectivity index (χ2v) is 6.03. The van der Waals surface area contributed by atoms with E-state index in [2.05, 4.69) is 5.32 Å². The van der Waals surface area contributed by atoms with Crippen LogP contribution in [0.25, 0.3) is 0 Å². The average molecular weight is 339 g/mol. The van der Waals surface area contributed by atoms with Gasteiger partial charge in [0, 0.05) is 6.61 Å². The minimum atomic E-state index is -1.20. The Kier molecular flexibility index (Phi) is 7.51. The molecule has 1 aromatic carbocycles. The van der Waals surface area contributed by atoms with Crippen molar-refractivity contribution in [2.24, 2.45) is 0 Å². The first-order valence-corrected chi connectivity index (χ1v) is 7.75. The molecule has 24 heavy (non-hydrogen) atoms. The number of nitrogens with one attached hydrogen (secondary N) is 1. The van der Waals surface area contributed by atoms with Crippen LogP contribution in [0.15, 0.2) is 24.3 Å². The summed E-state index contributed by atoms with van der Waals surface area (Å²) in [5, 5.41) is 11.7. The molecular formula is C17H25NO6. The third-order valence-corrected chi connectivity index (χ3v) is 2.82. The van der Waals surface area contributed by atoms with Gasteiger partial charge in [-0.25, -0.2) is 9.59 Å². The summed E-state index contributed by atoms with van der Waals surface area (Å²) in [5.41, 5.74) is -0.281. The zero-order chi connectivity index (χ0) is 18.2. The lowest BCUT2D eigenvalue weighted by Gasteiger charge is -2.22. The van der Waals surface area contributed by atoms with Gasteiger partial charge < -0.3 is 24.6 Å². The van der Waals surface area contributed by atoms with Crippen molar-refractivity contribution in [3.63, 3.8) is 0 Å². The predicted octanol–water partition coefficient (Wildman–Crippen LogP) is 2.75. The van der Waals surface area contributed by atoms with E-state index in [1.807, 2.05) is 6.92 Å². The molecular weight excluding hydrogens is 314 g/mol. The Hall–Kier alpha value is -2.28. The standard InChI is InChI=1S/C17H25NO6/c1-5-22-10-11-23-13-8-6-12(7-9-13)14(15(19)20)18-16(21)24-17(2,3)4/h6-9,14H,5,10-11H2,1-4H3,(H,18,21)(H,19,20)/t14-/m1/s1. The summed E-state index contributed by atoms with van der Waals surface area (Å²) in [6.07, 6.45) is -0.785. The fraction of sp³-hybridized carbons (Fsp3) is 0.529. The Balaban J connectivity index is 2.68. The van der Waals surface area contributed by atoms with Gasteiger partial charge in [-0.2, -0.15) is 0 Å². The highest BCUT2D eigenvalue weighted by Crippen LogP contribution is 2.19. The van der Waals surface area contributed by atoms with Gasteiger partial charge in [-0.1, -0.05) is 12.1 Å². The Morgan fingerprint density at radius 2 is 1.79 bits per heavy atom. The summed E-state index contributed by atoms with van der Waals surface area (Å²) in [4.78, 5) is 23.2. The normalized spacial score (nSPS) is 12.3. The highest BCUT2D eigenvalue weighted by Gasteiger charge is 2.25. The van der Waals surface area contributed by atoms with Crippen molar-refractivity contribution in [2.75, 3.05) is 19.8 Å². The van der Waals surface area contributed by atoms with Crippen LogP contribution in [-0.4, -0.2) is 42.6 Å². The summed E-state index contributed by atoms with van der Waals surface area (Å²) in [7, 11) is 0. The first-order chi connectivity index (χ1) is 11.2. The van der Waals surface area contributed by atoms with E-state index in [1.54, 1.807) is 45.0 Å². The number of benzene rings is 1. The predicted molar refractivity (Wildman–Crippen MR) is 88.2 cm³/mol. The van der Waals surface area contributed by atoms with Crippen LogP contribution in [-0.2, 0) is 14.3 Å². The number of carboxylic acid groups (broad SMARTS) is 1. The van der Waals surface area contributed by atoms with Crippen molar-refractivity contribution in [2.45, 2.75) is 39.3 Å². The number of aliphatic carboxylic acids is 1. The van der Waals surface area contributed by atoms with Gasteiger partial charge in [0.15, 0.2) is 6.04 Å². The van der Waals surface area contributed by atoms with Crippen molar-refractivity contribution >= 4 is 12.1 Å². The van der Waals surface area contributed by atoms with Gasteiger partial charge in [-0.05, 0) is 45.4 Å². The molecule has 1 amide bonds. The van der Waals surface area contributed by atoms with Crippen LogP contribution in [0.2, 0.25) is 0 Å². The van der Waals surface area contributed by atoms with E-state index >= 15 is 0 Å². The molecule has 0 heterocycles. The van der Waals surface area contributed by atoms with Crippen LogP contribution in [0.5, 0.6) is 5.75 Å². The number of hydrogen-bond acceptors (Lipinski definition) is 5. The molecule has 1 atom stereocenters. The van der Waals surface area contributed by atoms with Crippen molar-refractivity contribution in [3.05, 3.63) is 29.8 Å². The molecule has 0 saturated heterocycles. The number of rotatable bonds is 8. The van der Waals surface area contributed by atoms with Gasteiger partial charge in [-0.15, -0.1) is 0 Å². The third kappa shape index (κ3) is 7.32. The summed E-state index contributed by atoms with van der Waals surface area (Å²) in [6, 6.07) is 5.28. The molecule has 0 spiro atoms. The van der Waals surface area contributed by atoms with Gasteiger partial charge in [-0.3, -0.25) is 0 Å². The Morgan fingerprint density at radius 1 is 1.17 bits per heavy atom. The van der Waals surface area contributed by atoms with Crippen LogP contribution < -0.4 is 10.1 Å². The molecule has 1 rings (SSSR count). The molecule has 0 bridgehead atoms. The first kappa shape index (κ1) is 19.8. The summed E-state index contributed by atoms with van der Waals surface area (Å²) in [6.45, 7) is 8.53. The fourth-order valence-corrected chi connectivity index (χ4v) is 1.83. The maximum absolute atomic E-state index is 11.8. The van der Waals surface area contributed by atoms with E-state index in [0.717, 1.165) is 0 Å². The summed E-state index contributed by atoms with van der Waals surface area (Å²) < 4.78 is 15.7. The van der Waals surface area contributed by atoms with E-state index in [0.29, 0.717) is 31.1 Å². The quantitative estimate of drug-likeness (QED) is 0.707. The lowest BCUT2D eigenvalue weighted by molar-refractivity contribution is -0.139. The van der Waals surface area contributed by atoms with Crippen LogP contribution in [0.1, 0.15) is 39.3 Å². The molecule has 0 aliphatic carbocycles. The molecule has 0 aliphatic rings. The number of carboxylic acids is 1. The molecule has 134 valence electrons. The van der Waals surface area contributed by atoms with E-state index in [1.165, 1.54) is 0 Å². The first-order valence-electron chi connectivity index (χ1n) is 7.75. The molecule has 0 radical (unpaired) electrons. The average Bonchev–Trinajstić information content (AvgIpc) is 2.48. The fourth-order valence-electron chi connectivity index (χ4n) is 1.83. The summed E-state index contributed by atoms with van der Waals surface area (Å²) >= 11 is 0. The van der Waals surface area contributed by atoms with E-state index < -0.39 is 23.7 Å². The Morgan fingerprint density at radius 3 is 2.29 bits per heavy atom. The minimum absolute atomic E-state index is 0.408. The summed E-state index contributed by atoms with van der Waals surface area (Å²) in [5.74, 6) is -0.578. The maximum atomic E-state index is 11.8. The van der Waals surface area contributed by atoms with Crippen molar-refractivity contribution in [1.82, 2.24) is 5.32 Å². The molecule has 1 aromatic rings. The smallest absolute Gasteiger partial charge is 0.408 e. The maximum Gasteiger partial charge on any atom is 0.408 e. The Bertz CT molecular complexity index is 535. The zero-order valence-electron chi connectivity index (χ0n) is 14.5. The van der Waals surface area contributed by atoms with E-state index in [9.17, 15) is 14.7 Å². The lowest BCUT2D eigenvalue weighted by Crippen LogP contribution is -2.38. The number of hydrogen-bond donors (Lipinski definition) is 2. The van der Waals surface area contributed by atoms with Crippen LogP contribution in [0, 0.1) is 0 Å². The molecule has 0 saturated carbocycles. The van der Waals surface area contributed by atoms with Crippen LogP contribution in [0.3, 0.4) is 0 Å². The van der Waals surface area contributed by atoms with E-state index in [-0.39, 0.29) is 0 Å². The van der Waals surface area contributed by atoms with Crippen molar-refractivity contribution in [1.29, 1.82) is 0 Å². The molecule has 0 fully saturated rings. The SMILES string of the molecule is CCOCCOc1ccc([C@@H](NC(=O)OC(C)(C)C)C(=O)O)cc1. The third-order valence-electron chi connectivity index (χ3n) is 2.82. The number of amides is 1. The second kappa shape index (κ2) is 9.12. The van der Waals surface area contributed by atoms with Gasteiger partial charge in [0.25, 0.3) is 0 Å². The van der Waals surface area contributed by atoms with Gasteiger partial charge in [0.05, 0.1) is 6.61 Å². The van der Waals surface area contributed by atoms with Gasteiger partial charge in [0.1, 0.15) is 18.0 Å². The van der Waals surface area contributed by atoms with Crippen molar-refractivity contribution < 1.29 is 28.9 Å². The molecule has 7 nitrogen and oxygen atoms in total. The molecule has 0 aliphatic heterocycles. The molecule has 7 heteroatoms. The number of carbonyl (C=O) groups is 2. The largest absolute Gasteiger partial charge is 0.491 e. The number of ether oxygens (including phenoxy) is 3. The van der Waals surface area contributed by atoms with Crippen LogP contribution >= 0.6 is 0 Å². The van der Waals surface area contributed by atoms with Gasteiger partial charge in [0.2, 0.25) is 0 Å². The van der Waals surface area contributed by atoms with E-state index in [4.69, 9.17) is 14.2 Å². The molecule has 0 unspecified atom stereocenters. The molecule has 0 aromatic heterocycles. The molecule has 2 N–H and O–H groups in total. The minimum Gasteiger partial charge on any atom is -0.491 e. The number of alkyl carbamates (subject to hydrolysis) is 1. The monoisotopic (exact) mass is 339 g/mol. The van der Waals surface area contributed by atoms with Crippen molar-refractivity contribution in [3.8, 4) is 5.75 Å². The zero-order valence-corrected chi connectivity index (χ0v) is 14.5. The Labute approximate surface area is 141 Å².